The molecule has 0 aliphatic carbocycles. The van der Waals surface area contributed by atoms with E-state index in [1.165, 1.54) is 4.90 Å². The Hall–Kier alpha value is -2.65. The van der Waals surface area contributed by atoms with Gasteiger partial charge in [0, 0.05) is 13.1 Å². The van der Waals surface area contributed by atoms with Crippen LogP contribution in [-0.2, 0) is 20.7 Å². The first-order valence-corrected chi connectivity index (χ1v) is 11.5. The number of aliphatic hydroxyl groups excluding tert-OH is 2. The number of nitrogens with zero attached hydrogens (tertiary/aromatic N) is 1. The number of unbranched alkanes of at least 4 members (excludes halogenated alkanes) is 1. The number of alkyl carbamates (subject to hydrolysis) is 1. The largest absolute Gasteiger partial charge is 0.444 e. The predicted octanol–water partition coefficient (Wildman–Crippen LogP) is 1.91. The normalized spacial score (nSPS) is 13.1. The molecule has 0 aliphatic heterocycles. The van der Waals surface area contributed by atoms with E-state index in [-0.39, 0.29) is 6.54 Å². The van der Waals surface area contributed by atoms with Gasteiger partial charge in [0.1, 0.15) is 17.7 Å². The maximum atomic E-state index is 13.3. The molecule has 4 N–H and O–H groups in total. The van der Waals surface area contributed by atoms with Crippen LogP contribution in [0.3, 0.4) is 0 Å². The van der Waals surface area contributed by atoms with Gasteiger partial charge in [-0.15, -0.1) is 0 Å². The van der Waals surface area contributed by atoms with E-state index in [0.29, 0.717) is 12.1 Å². The van der Waals surface area contributed by atoms with Crippen LogP contribution in [0.25, 0.3) is 0 Å². The summed E-state index contributed by atoms with van der Waals surface area (Å²) in [6, 6.07) is 4.93. The van der Waals surface area contributed by atoms with Crippen molar-refractivity contribution in [1.29, 1.82) is 0 Å². The standard InChI is InChI=1S/C24H39N3O6/c1-6-8-13-25-21(30)20(18-11-9-17(7-2)10-12-18)27(14-15-28)22(31)19(16-29)26-23(32)33-24(3,4)5/h9-12,19-20,28-29H,6-8,13-16H2,1-5H3,(H,25,30)(H,26,32). The lowest BCUT2D eigenvalue weighted by Crippen LogP contribution is -2.55. The molecule has 0 spiro atoms. The summed E-state index contributed by atoms with van der Waals surface area (Å²) >= 11 is 0. The van der Waals surface area contributed by atoms with Crippen LogP contribution in [0.2, 0.25) is 0 Å². The van der Waals surface area contributed by atoms with Crippen molar-refractivity contribution in [3.05, 3.63) is 35.4 Å². The molecular formula is C24H39N3O6. The van der Waals surface area contributed by atoms with E-state index in [9.17, 15) is 24.6 Å². The third kappa shape index (κ3) is 9.39. The first-order chi connectivity index (χ1) is 15.6. The summed E-state index contributed by atoms with van der Waals surface area (Å²) in [7, 11) is 0. The quantitative estimate of drug-likeness (QED) is 0.349. The minimum Gasteiger partial charge on any atom is -0.444 e. The summed E-state index contributed by atoms with van der Waals surface area (Å²) in [5.41, 5.74) is 0.849. The van der Waals surface area contributed by atoms with Crippen LogP contribution >= 0.6 is 0 Å². The number of carbonyl (C=O) groups excluding carboxylic acids is 3. The molecule has 2 atom stereocenters. The molecule has 9 heteroatoms. The number of nitrogens with one attached hydrogen (secondary N) is 2. The Kier molecular flexibility index (Phi) is 11.9. The van der Waals surface area contributed by atoms with Crippen molar-refractivity contribution >= 4 is 17.9 Å². The number of ether oxygens (including phenoxy) is 1. The number of hydrogen-bond donors (Lipinski definition) is 4. The maximum absolute atomic E-state index is 13.3. The predicted molar refractivity (Wildman–Crippen MR) is 126 cm³/mol. The van der Waals surface area contributed by atoms with E-state index >= 15 is 0 Å². The fourth-order valence-corrected chi connectivity index (χ4v) is 3.20. The number of rotatable bonds is 12. The monoisotopic (exact) mass is 465 g/mol. The summed E-state index contributed by atoms with van der Waals surface area (Å²) in [5.74, 6) is -1.10. The highest BCUT2D eigenvalue weighted by Gasteiger charge is 2.35. The van der Waals surface area contributed by atoms with Crippen molar-refractivity contribution in [3.8, 4) is 0 Å². The summed E-state index contributed by atoms with van der Waals surface area (Å²) in [5, 5.41) is 24.7. The molecule has 33 heavy (non-hydrogen) atoms. The average molecular weight is 466 g/mol. The van der Waals surface area contributed by atoms with Gasteiger partial charge in [0.25, 0.3) is 0 Å². The number of carbonyl (C=O) groups is 3. The summed E-state index contributed by atoms with van der Waals surface area (Å²) in [6.45, 7) is 8.24. The van der Waals surface area contributed by atoms with Crippen molar-refractivity contribution in [3.63, 3.8) is 0 Å². The van der Waals surface area contributed by atoms with Crippen LogP contribution in [0.1, 0.15) is 64.6 Å². The molecule has 0 aliphatic rings. The molecule has 0 aromatic heterocycles. The molecule has 0 radical (unpaired) electrons. The zero-order valence-electron chi connectivity index (χ0n) is 20.4. The summed E-state index contributed by atoms with van der Waals surface area (Å²) < 4.78 is 5.18. The highest BCUT2D eigenvalue weighted by Crippen LogP contribution is 2.23. The summed E-state index contributed by atoms with van der Waals surface area (Å²) in [6.07, 6.45) is 1.62. The molecule has 186 valence electrons. The highest BCUT2D eigenvalue weighted by molar-refractivity contribution is 5.92. The van der Waals surface area contributed by atoms with Crippen LogP contribution in [0, 0.1) is 0 Å². The van der Waals surface area contributed by atoms with Crippen LogP contribution in [0.15, 0.2) is 24.3 Å². The zero-order valence-corrected chi connectivity index (χ0v) is 20.4. The van der Waals surface area contributed by atoms with Crippen LogP contribution in [-0.4, -0.2) is 71.0 Å². The number of aliphatic hydroxyl groups is 2. The first kappa shape index (κ1) is 28.4. The van der Waals surface area contributed by atoms with Crippen molar-refractivity contribution in [2.45, 2.75) is 71.6 Å². The molecule has 1 aromatic rings. The molecule has 0 fully saturated rings. The second-order valence-corrected chi connectivity index (χ2v) is 8.78. The average Bonchev–Trinajstić information content (AvgIpc) is 2.76. The molecule has 9 nitrogen and oxygen atoms in total. The van der Waals surface area contributed by atoms with Gasteiger partial charge in [-0.25, -0.2) is 4.79 Å². The lowest BCUT2D eigenvalue weighted by Gasteiger charge is -2.33. The number of hydrogen-bond acceptors (Lipinski definition) is 6. The summed E-state index contributed by atoms with van der Waals surface area (Å²) in [4.78, 5) is 39.9. The smallest absolute Gasteiger partial charge is 0.408 e. The van der Waals surface area contributed by atoms with Gasteiger partial charge in [-0.1, -0.05) is 44.5 Å². The fraction of sp³-hybridized carbons (Fsp3) is 0.625. The molecule has 0 bridgehead atoms. The minimum atomic E-state index is -1.34. The maximum Gasteiger partial charge on any atom is 0.408 e. The molecular weight excluding hydrogens is 426 g/mol. The van der Waals surface area contributed by atoms with Crippen LogP contribution < -0.4 is 10.6 Å². The van der Waals surface area contributed by atoms with Gasteiger partial charge in [-0.05, 0) is 44.7 Å². The SMILES string of the molecule is CCCCNC(=O)C(c1ccc(CC)cc1)N(CCO)C(=O)C(CO)NC(=O)OC(C)(C)C. The Balaban J connectivity index is 3.26. The molecule has 1 aromatic carbocycles. The van der Waals surface area contributed by atoms with Gasteiger partial charge in [0.2, 0.25) is 11.8 Å². The van der Waals surface area contributed by atoms with Crippen LogP contribution in [0.4, 0.5) is 4.79 Å². The van der Waals surface area contributed by atoms with Crippen molar-refractivity contribution < 1.29 is 29.3 Å². The van der Waals surface area contributed by atoms with E-state index < -0.39 is 48.8 Å². The highest BCUT2D eigenvalue weighted by atomic mass is 16.6. The molecule has 2 unspecified atom stereocenters. The van der Waals surface area contributed by atoms with E-state index in [2.05, 4.69) is 10.6 Å². The van der Waals surface area contributed by atoms with E-state index in [1.807, 2.05) is 26.0 Å². The lowest BCUT2D eigenvalue weighted by molar-refractivity contribution is -0.143. The van der Waals surface area contributed by atoms with Gasteiger partial charge in [-0.2, -0.15) is 0 Å². The number of amides is 3. The van der Waals surface area contributed by atoms with E-state index in [0.717, 1.165) is 24.8 Å². The Bertz CT molecular complexity index is 760. The first-order valence-electron chi connectivity index (χ1n) is 11.5. The third-order valence-corrected chi connectivity index (χ3v) is 4.89. The molecule has 0 heterocycles. The Morgan fingerprint density at radius 1 is 1.09 bits per heavy atom. The van der Waals surface area contributed by atoms with Gasteiger partial charge < -0.3 is 30.5 Å². The van der Waals surface area contributed by atoms with Crippen LogP contribution in [0.5, 0.6) is 0 Å². The zero-order chi connectivity index (χ0) is 25.0. The molecule has 1 rings (SSSR count). The van der Waals surface area contributed by atoms with Crippen molar-refractivity contribution in [2.24, 2.45) is 0 Å². The minimum absolute atomic E-state index is 0.160. The molecule has 0 saturated heterocycles. The van der Waals surface area contributed by atoms with E-state index in [1.54, 1.807) is 32.9 Å². The van der Waals surface area contributed by atoms with Crippen molar-refractivity contribution in [1.82, 2.24) is 15.5 Å². The topological polar surface area (TPSA) is 128 Å². The van der Waals surface area contributed by atoms with Gasteiger partial charge in [0.15, 0.2) is 0 Å². The van der Waals surface area contributed by atoms with Gasteiger partial charge in [-0.3, -0.25) is 9.59 Å². The fourth-order valence-electron chi connectivity index (χ4n) is 3.20. The van der Waals surface area contributed by atoms with Gasteiger partial charge in [0.05, 0.1) is 13.2 Å². The van der Waals surface area contributed by atoms with E-state index in [4.69, 9.17) is 4.74 Å². The molecule has 0 saturated carbocycles. The second kappa shape index (κ2) is 13.8. The lowest BCUT2D eigenvalue weighted by atomic mass is 10.0. The number of benzene rings is 1. The second-order valence-electron chi connectivity index (χ2n) is 8.78. The Morgan fingerprint density at radius 2 is 1.73 bits per heavy atom. The Morgan fingerprint density at radius 3 is 2.21 bits per heavy atom. The Labute approximate surface area is 196 Å². The van der Waals surface area contributed by atoms with Gasteiger partial charge >= 0.3 is 6.09 Å². The number of aryl methyl sites for hydroxylation is 1. The molecule has 3 amide bonds. The third-order valence-electron chi connectivity index (χ3n) is 4.89. The van der Waals surface area contributed by atoms with Crippen molar-refractivity contribution in [2.75, 3.05) is 26.3 Å².